The minimum atomic E-state index is -3.33. The van der Waals surface area contributed by atoms with Crippen LogP contribution in [-0.4, -0.2) is 29.9 Å². The van der Waals surface area contributed by atoms with E-state index in [1.54, 1.807) is 22.9 Å². The maximum atomic E-state index is 11.7. The number of sulfonamides is 1. The topological polar surface area (TPSA) is 37.4 Å². The van der Waals surface area contributed by atoms with Crippen molar-refractivity contribution < 1.29 is 12.8 Å². The van der Waals surface area contributed by atoms with Gasteiger partial charge in [0.05, 0.1) is 5.75 Å². The van der Waals surface area contributed by atoms with E-state index in [-0.39, 0.29) is 0 Å². The van der Waals surface area contributed by atoms with Crippen molar-refractivity contribution in [1.29, 1.82) is 0 Å². The normalized spacial score (nSPS) is 12.4. The Kier molecular flexibility index (Phi) is 5.53. The molecular weight excluding hydrogens is 284 g/mol. The molecule has 0 saturated heterocycles. The number of hydrogen-bond donors (Lipinski definition) is 0. The fourth-order valence-corrected chi connectivity index (χ4v) is 2.44. The molecule has 0 atom stereocenters. The predicted molar refractivity (Wildman–Crippen MR) is 50.8 cm³/mol. The maximum absolute atomic E-state index is 11.7. The summed E-state index contributed by atoms with van der Waals surface area (Å²) in [5, 5.41) is 0. The van der Waals surface area contributed by atoms with Crippen LogP contribution < -0.4 is 0 Å². The van der Waals surface area contributed by atoms with Crippen LogP contribution in [0.3, 0.4) is 0 Å². The van der Waals surface area contributed by atoms with Crippen LogP contribution in [0.15, 0.2) is 0 Å². The second-order valence-electron chi connectivity index (χ2n) is 2.02. The SMILES string of the molecule is CCCN(I)S(=O)(=O)CCF. The maximum Gasteiger partial charge on any atom is 0.225 e. The van der Waals surface area contributed by atoms with Crippen molar-refractivity contribution >= 4 is 32.9 Å². The minimum absolute atomic E-state index is 0.407. The van der Waals surface area contributed by atoms with Gasteiger partial charge in [-0.15, -0.1) is 2.52 Å². The van der Waals surface area contributed by atoms with Gasteiger partial charge in [-0.3, -0.25) is 0 Å². The Bertz CT molecular complexity index is 195. The van der Waals surface area contributed by atoms with Crippen molar-refractivity contribution in [3.05, 3.63) is 0 Å². The molecule has 0 aliphatic heterocycles. The van der Waals surface area contributed by atoms with Crippen molar-refractivity contribution in [3.63, 3.8) is 0 Å². The van der Waals surface area contributed by atoms with Gasteiger partial charge in [-0.05, 0) is 6.42 Å². The molecule has 0 aromatic heterocycles. The van der Waals surface area contributed by atoms with E-state index in [1.807, 2.05) is 6.92 Å². The van der Waals surface area contributed by atoms with Crippen molar-refractivity contribution in [1.82, 2.24) is 2.52 Å². The summed E-state index contributed by atoms with van der Waals surface area (Å²) < 4.78 is 34.8. The summed E-state index contributed by atoms with van der Waals surface area (Å²) in [5.41, 5.74) is 0. The smallest absolute Gasteiger partial charge is 0.225 e. The van der Waals surface area contributed by atoms with Crippen LogP contribution in [-0.2, 0) is 10.0 Å². The lowest BCUT2D eigenvalue weighted by atomic mass is 10.5. The Morgan fingerprint density at radius 2 is 2.09 bits per heavy atom. The minimum Gasteiger partial charge on any atom is -0.250 e. The molecule has 0 N–H and O–H groups in total. The number of alkyl halides is 1. The molecule has 3 nitrogen and oxygen atoms in total. The molecule has 0 unspecified atom stereocenters. The van der Waals surface area contributed by atoms with Gasteiger partial charge in [-0.25, -0.2) is 12.8 Å². The Morgan fingerprint density at radius 3 is 2.45 bits per heavy atom. The summed E-state index contributed by atoms with van der Waals surface area (Å²) in [6, 6.07) is 0. The van der Waals surface area contributed by atoms with Crippen LogP contribution in [0.2, 0.25) is 0 Å². The summed E-state index contributed by atoms with van der Waals surface area (Å²) >= 11 is 1.69. The molecule has 11 heavy (non-hydrogen) atoms. The Morgan fingerprint density at radius 1 is 1.55 bits per heavy atom. The highest BCUT2D eigenvalue weighted by Gasteiger charge is 2.17. The van der Waals surface area contributed by atoms with Crippen LogP contribution in [0.4, 0.5) is 4.39 Å². The van der Waals surface area contributed by atoms with Crippen molar-refractivity contribution in [3.8, 4) is 0 Å². The highest BCUT2D eigenvalue weighted by Crippen LogP contribution is 2.09. The summed E-state index contributed by atoms with van der Waals surface area (Å²) in [5.74, 6) is -0.407. The molecule has 0 amide bonds. The van der Waals surface area contributed by atoms with Crippen molar-refractivity contribution in [2.75, 3.05) is 19.0 Å². The van der Waals surface area contributed by atoms with Crippen LogP contribution >= 0.6 is 22.9 Å². The van der Waals surface area contributed by atoms with Gasteiger partial charge in [0.25, 0.3) is 0 Å². The lowest BCUT2D eigenvalue weighted by Crippen LogP contribution is -2.25. The zero-order valence-corrected chi connectivity index (χ0v) is 9.23. The third-order valence-electron chi connectivity index (χ3n) is 1.04. The van der Waals surface area contributed by atoms with Gasteiger partial charge >= 0.3 is 0 Å². The highest BCUT2D eigenvalue weighted by molar-refractivity contribution is 14.1. The molecule has 6 heteroatoms. The Labute approximate surface area is 80.5 Å². The molecule has 0 heterocycles. The van der Waals surface area contributed by atoms with Crippen LogP contribution in [0.25, 0.3) is 0 Å². The first kappa shape index (κ1) is 11.6. The summed E-state index contributed by atoms with van der Waals surface area (Å²) in [4.78, 5) is 0. The molecule has 0 radical (unpaired) electrons. The van der Waals surface area contributed by atoms with Gasteiger partial charge in [0.1, 0.15) is 6.67 Å². The van der Waals surface area contributed by atoms with E-state index in [4.69, 9.17) is 0 Å². The molecule has 0 bridgehead atoms. The third kappa shape index (κ3) is 4.22. The van der Waals surface area contributed by atoms with Gasteiger partial charge in [-0.2, -0.15) is 0 Å². The van der Waals surface area contributed by atoms with E-state index in [0.29, 0.717) is 6.54 Å². The molecule has 68 valence electrons. The van der Waals surface area contributed by atoms with E-state index in [0.717, 1.165) is 8.94 Å². The largest absolute Gasteiger partial charge is 0.250 e. The quantitative estimate of drug-likeness (QED) is 0.567. The number of hydrogen-bond acceptors (Lipinski definition) is 2. The lowest BCUT2D eigenvalue weighted by Gasteiger charge is -2.11. The average Bonchev–Trinajstić information content (AvgIpc) is 1.88. The Balaban J connectivity index is 4.07. The molecule has 0 saturated carbocycles. The van der Waals surface area contributed by atoms with E-state index in [1.165, 1.54) is 0 Å². The molecule has 0 rings (SSSR count). The number of halogens is 2. The van der Waals surface area contributed by atoms with Gasteiger partial charge in [0.15, 0.2) is 0 Å². The van der Waals surface area contributed by atoms with Gasteiger partial charge in [0, 0.05) is 29.4 Å². The second-order valence-corrected chi connectivity index (χ2v) is 5.85. The van der Waals surface area contributed by atoms with E-state index in [9.17, 15) is 12.8 Å². The lowest BCUT2D eigenvalue weighted by molar-refractivity contribution is 0.502. The fourth-order valence-electron chi connectivity index (χ4n) is 0.511. The van der Waals surface area contributed by atoms with E-state index in [2.05, 4.69) is 0 Å². The van der Waals surface area contributed by atoms with Crippen molar-refractivity contribution in [2.24, 2.45) is 0 Å². The molecule has 0 aromatic rings. The monoisotopic (exact) mass is 295 g/mol. The zero-order chi connectivity index (χ0) is 8.91. The summed E-state index contributed by atoms with van der Waals surface area (Å²) in [6.07, 6.45) is 0.744. The first-order valence-corrected chi connectivity index (χ1v) is 5.84. The molecule has 0 spiro atoms. The molecule has 0 aromatic carbocycles. The molecule has 0 aliphatic rings. The van der Waals surface area contributed by atoms with Gasteiger partial charge in [0.2, 0.25) is 10.0 Å². The molecule has 0 fully saturated rings. The van der Waals surface area contributed by atoms with Crippen LogP contribution in [0, 0.1) is 0 Å². The van der Waals surface area contributed by atoms with Crippen molar-refractivity contribution in [2.45, 2.75) is 13.3 Å². The summed E-state index contributed by atoms with van der Waals surface area (Å²) in [6.45, 7) is 1.51. The number of nitrogens with zero attached hydrogens (tertiary/aromatic N) is 1. The summed E-state index contributed by atoms with van der Waals surface area (Å²) in [7, 11) is -3.33. The molecule has 0 aliphatic carbocycles. The predicted octanol–water partition coefficient (Wildman–Crippen LogP) is 1.35. The highest BCUT2D eigenvalue weighted by atomic mass is 127. The number of rotatable bonds is 5. The standard InChI is InChI=1S/C5H11FINO2S/c1-2-4-8(7)11(9,10)5-3-6/h2-5H2,1H3. The first-order chi connectivity index (χ1) is 5.04. The fraction of sp³-hybridized carbons (Fsp3) is 1.00. The van der Waals surface area contributed by atoms with Gasteiger partial charge < -0.3 is 0 Å². The Hall–Kier alpha value is 0.570. The first-order valence-electron chi connectivity index (χ1n) is 3.26. The van der Waals surface area contributed by atoms with Crippen LogP contribution in [0.5, 0.6) is 0 Å². The third-order valence-corrected chi connectivity index (χ3v) is 4.78. The zero-order valence-electron chi connectivity index (χ0n) is 6.26. The van der Waals surface area contributed by atoms with E-state index >= 15 is 0 Å². The second kappa shape index (κ2) is 5.26. The molecular formula is C5H11FINO2S. The van der Waals surface area contributed by atoms with Gasteiger partial charge in [-0.1, -0.05) is 6.92 Å². The van der Waals surface area contributed by atoms with E-state index < -0.39 is 22.5 Å². The van der Waals surface area contributed by atoms with Crippen LogP contribution in [0.1, 0.15) is 13.3 Å². The average molecular weight is 295 g/mol.